The first-order chi connectivity index (χ1) is 12.6. The lowest BCUT2D eigenvalue weighted by atomic mass is 10.2. The molecule has 1 unspecified atom stereocenters. The molecule has 27 heavy (non-hydrogen) atoms. The molecule has 0 aliphatic heterocycles. The van der Waals surface area contributed by atoms with Gasteiger partial charge in [0, 0.05) is 17.8 Å². The molecule has 0 aliphatic carbocycles. The topological polar surface area (TPSA) is 75.7 Å². The summed E-state index contributed by atoms with van der Waals surface area (Å²) in [6.07, 6.45) is 0.908. The van der Waals surface area contributed by atoms with Crippen LogP contribution in [0.15, 0.2) is 42.5 Å². The SMILES string of the molecule is CCC(Oc1ccc(N(C)S(C)(=O)=O)cc1)C(=O)Nc1cccc(Cl)c1C. The fourth-order valence-electron chi connectivity index (χ4n) is 2.37. The molecule has 0 saturated carbocycles. The summed E-state index contributed by atoms with van der Waals surface area (Å²) in [5, 5.41) is 3.41. The van der Waals surface area contributed by atoms with Crippen molar-refractivity contribution in [2.75, 3.05) is 22.9 Å². The summed E-state index contributed by atoms with van der Waals surface area (Å²) in [6, 6.07) is 11.8. The van der Waals surface area contributed by atoms with Crippen molar-refractivity contribution in [1.82, 2.24) is 0 Å². The van der Waals surface area contributed by atoms with Crippen molar-refractivity contribution in [3.05, 3.63) is 53.1 Å². The van der Waals surface area contributed by atoms with Crippen LogP contribution in [0.3, 0.4) is 0 Å². The zero-order valence-corrected chi connectivity index (χ0v) is 17.3. The van der Waals surface area contributed by atoms with Gasteiger partial charge in [-0.2, -0.15) is 0 Å². The van der Waals surface area contributed by atoms with E-state index in [0.29, 0.717) is 28.6 Å². The first kappa shape index (κ1) is 21.1. The van der Waals surface area contributed by atoms with Gasteiger partial charge in [0.1, 0.15) is 5.75 Å². The number of hydrogen-bond acceptors (Lipinski definition) is 4. The Hall–Kier alpha value is -2.25. The van der Waals surface area contributed by atoms with Gasteiger partial charge in [-0.1, -0.05) is 24.6 Å². The van der Waals surface area contributed by atoms with Gasteiger partial charge in [-0.25, -0.2) is 8.42 Å². The van der Waals surface area contributed by atoms with Crippen LogP contribution in [-0.4, -0.2) is 33.7 Å². The Bertz CT molecular complexity index is 914. The van der Waals surface area contributed by atoms with Crippen LogP contribution in [0.4, 0.5) is 11.4 Å². The van der Waals surface area contributed by atoms with E-state index in [4.69, 9.17) is 16.3 Å². The number of halogens is 1. The summed E-state index contributed by atoms with van der Waals surface area (Å²) in [6.45, 7) is 3.68. The third kappa shape index (κ3) is 5.37. The van der Waals surface area contributed by atoms with Gasteiger partial charge in [0.25, 0.3) is 5.91 Å². The zero-order chi connectivity index (χ0) is 20.2. The van der Waals surface area contributed by atoms with Crippen molar-refractivity contribution in [3.8, 4) is 5.75 Å². The number of sulfonamides is 1. The number of benzene rings is 2. The van der Waals surface area contributed by atoms with Crippen LogP contribution < -0.4 is 14.4 Å². The summed E-state index contributed by atoms with van der Waals surface area (Å²) in [4.78, 5) is 12.6. The standard InChI is InChI=1S/C19H23ClN2O4S/c1-5-18(19(23)21-17-8-6-7-16(20)13(17)2)26-15-11-9-14(10-12-15)22(3)27(4,24)25/h6-12,18H,5H2,1-4H3,(H,21,23). The number of carbonyl (C=O) groups is 1. The van der Waals surface area contributed by atoms with E-state index in [1.54, 1.807) is 42.5 Å². The first-order valence-corrected chi connectivity index (χ1v) is 10.6. The van der Waals surface area contributed by atoms with Crippen LogP contribution in [-0.2, 0) is 14.8 Å². The molecule has 0 bridgehead atoms. The maximum atomic E-state index is 12.6. The predicted octanol–water partition coefficient (Wildman–Crippen LogP) is 3.84. The van der Waals surface area contributed by atoms with Crippen molar-refractivity contribution in [2.24, 2.45) is 0 Å². The van der Waals surface area contributed by atoms with Gasteiger partial charge in [-0.05, 0) is 55.3 Å². The second-order valence-electron chi connectivity index (χ2n) is 6.14. The third-order valence-electron chi connectivity index (χ3n) is 4.16. The number of nitrogens with zero attached hydrogens (tertiary/aromatic N) is 1. The van der Waals surface area contributed by atoms with Crippen LogP contribution >= 0.6 is 11.6 Å². The highest BCUT2D eigenvalue weighted by Crippen LogP contribution is 2.24. The zero-order valence-electron chi connectivity index (χ0n) is 15.7. The van der Waals surface area contributed by atoms with E-state index in [9.17, 15) is 13.2 Å². The molecule has 1 N–H and O–H groups in total. The normalized spacial score (nSPS) is 12.3. The summed E-state index contributed by atoms with van der Waals surface area (Å²) in [5.74, 6) is 0.200. The van der Waals surface area contributed by atoms with E-state index in [-0.39, 0.29) is 5.91 Å². The molecule has 0 radical (unpaired) electrons. The summed E-state index contributed by atoms with van der Waals surface area (Å²) in [5.41, 5.74) is 1.94. The number of ether oxygens (including phenoxy) is 1. The molecule has 1 amide bonds. The van der Waals surface area contributed by atoms with Crippen LogP contribution in [0.2, 0.25) is 5.02 Å². The van der Waals surface area contributed by atoms with E-state index in [1.165, 1.54) is 11.4 Å². The van der Waals surface area contributed by atoms with Gasteiger partial charge in [-0.15, -0.1) is 0 Å². The number of hydrogen-bond donors (Lipinski definition) is 1. The molecule has 6 nitrogen and oxygen atoms in total. The largest absolute Gasteiger partial charge is 0.481 e. The molecule has 146 valence electrons. The molecule has 0 heterocycles. The molecule has 1 atom stereocenters. The molecule has 0 spiro atoms. The summed E-state index contributed by atoms with van der Waals surface area (Å²) >= 11 is 6.08. The molecule has 8 heteroatoms. The van der Waals surface area contributed by atoms with Crippen molar-refractivity contribution in [1.29, 1.82) is 0 Å². The lowest BCUT2D eigenvalue weighted by Crippen LogP contribution is -2.32. The fraction of sp³-hybridized carbons (Fsp3) is 0.316. The molecule has 0 fully saturated rings. The summed E-state index contributed by atoms with van der Waals surface area (Å²) in [7, 11) is -1.86. The molecule has 2 aromatic carbocycles. The Morgan fingerprint density at radius 2 is 1.85 bits per heavy atom. The minimum atomic E-state index is -3.33. The Labute approximate surface area is 165 Å². The number of anilines is 2. The quantitative estimate of drug-likeness (QED) is 0.752. The van der Waals surface area contributed by atoms with Gasteiger partial charge in [0.2, 0.25) is 10.0 Å². The first-order valence-electron chi connectivity index (χ1n) is 8.40. The van der Waals surface area contributed by atoms with Gasteiger partial charge < -0.3 is 10.1 Å². The molecule has 2 aromatic rings. The van der Waals surface area contributed by atoms with Crippen LogP contribution in [0.5, 0.6) is 5.75 Å². The minimum Gasteiger partial charge on any atom is -0.481 e. The highest BCUT2D eigenvalue weighted by atomic mass is 35.5. The molecule has 0 aromatic heterocycles. The number of carbonyl (C=O) groups excluding carboxylic acids is 1. The Morgan fingerprint density at radius 3 is 2.41 bits per heavy atom. The highest BCUT2D eigenvalue weighted by molar-refractivity contribution is 7.92. The predicted molar refractivity (Wildman–Crippen MR) is 109 cm³/mol. The number of rotatable bonds is 7. The molecule has 0 aliphatic rings. The van der Waals surface area contributed by atoms with Crippen molar-refractivity contribution >= 4 is 38.9 Å². The Kier molecular flexibility index (Phi) is 6.73. The van der Waals surface area contributed by atoms with E-state index >= 15 is 0 Å². The second kappa shape index (κ2) is 8.63. The average molecular weight is 411 g/mol. The molecular weight excluding hydrogens is 388 g/mol. The lowest BCUT2D eigenvalue weighted by Gasteiger charge is -2.20. The number of nitrogens with one attached hydrogen (secondary N) is 1. The van der Waals surface area contributed by atoms with E-state index in [0.717, 1.165) is 11.8 Å². The average Bonchev–Trinajstić information content (AvgIpc) is 2.62. The van der Waals surface area contributed by atoms with Crippen LogP contribution in [0.25, 0.3) is 0 Å². The Morgan fingerprint density at radius 1 is 1.22 bits per heavy atom. The maximum absolute atomic E-state index is 12.6. The summed E-state index contributed by atoms with van der Waals surface area (Å²) < 4.78 is 30.1. The number of amides is 1. The lowest BCUT2D eigenvalue weighted by molar-refractivity contribution is -0.122. The van der Waals surface area contributed by atoms with E-state index < -0.39 is 16.1 Å². The minimum absolute atomic E-state index is 0.278. The van der Waals surface area contributed by atoms with E-state index in [1.807, 2.05) is 13.8 Å². The van der Waals surface area contributed by atoms with Gasteiger partial charge >= 0.3 is 0 Å². The monoisotopic (exact) mass is 410 g/mol. The van der Waals surface area contributed by atoms with Gasteiger partial charge in [0.05, 0.1) is 11.9 Å². The van der Waals surface area contributed by atoms with Crippen molar-refractivity contribution < 1.29 is 17.9 Å². The van der Waals surface area contributed by atoms with Crippen molar-refractivity contribution in [2.45, 2.75) is 26.4 Å². The molecular formula is C19H23ClN2O4S. The molecule has 0 saturated heterocycles. The fourth-order valence-corrected chi connectivity index (χ4v) is 3.05. The van der Waals surface area contributed by atoms with Crippen LogP contribution in [0.1, 0.15) is 18.9 Å². The third-order valence-corrected chi connectivity index (χ3v) is 5.78. The molecule has 2 rings (SSSR count). The van der Waals surface area contributed by atoms with E-state index in [2.05, 4.69) is 5.32 Å². The Balaban J connectivity index is 2.10. The highest BCUT2D eigenvalue weighted by Gasteiger charge is 2.20. The van der Waals surface area contributed by atoms with Gasteiger partial charge in [-0.3, -0.25) is 9.10 Å². The maximum Gasteiger partial charge on any atom is 0.265 e. The van der Waals surface area contributed by atoms with Crippen LogP contribution in [0, 0.1) is 6.92 Å². The smallest absolute Gasteiger partial charge is 0.265 e. The van der Waals surface area contributed by atoms with Gasteiger partial charge in [0.15, 0.2) is 6.10 Å². The second-order valence-corrected chi connectivity index (χ2v) is 8.56. The van der Waals surface area contributed by atoms with Crippen molar-refractivity contribution in [3.63, 3.8) is 0 Å².